The first-order valence-electron chi connectivity index (χ1n) is 9.83. The fourth-order valence-corrected chi connectivity index (χ4v) is 4.22. The molecule has 1 aromatic carbocycles. The lowest BCUT2D eigenvalue weighted by Gasteiger charge is -2.35. The van der Waals surface area contributed by atoms with E-state index in [0.29, 0.717) is 23.8 Å². The summed E-state index contributed by atoms with van der Waals surface area (Å²) in [6.45, 7) is 3.19. The second-order valence-electron chi connectivity index (χ2n) is 7.59. The van der Waals surface area contributed by atoms with Gasteiger partial charge in [-0.1, -0.05) is 12.1 Å². The number of hydrogen-bond donors (Lipinski definition) is 1. The van der Waals surface area contributed by atoms with Crippen LogP contribution in [0.5, 0.6) is 0 Å². The van der Waals surface area contributed by atoms with E-state index in [1.54, 1.807) is 15.8 Å². The van der Waals surface area contributed by atoms with Crippen LogP contribution in [-0.2, 0) is 12.8 Å². The van der Waals surface area contributed by atoms with Crippen LogP contribution in [0.15, 0.2) is 35.3 Å². The van der Waals surface area contributed by atoms with Crippen LogP contribution in [-0.4, -0.2) is 45.8 Å². The van der Waals surface area contributed by atoms with Gasteiger partial charge in [-0.05, 0) is 38.3 Å². The number of rotatable bonds is 2. The molecule has 0 atom stereocenters. The Morgan fingerprint density at radius 3 is 2.76 bits per heavy atom. The molecule has 8 nitrogen and oxygen atoms in total. The second-order valence-corrected chi connectivity index (χ2v) is 7.59. The summed E-state index contributed by atoms with van der Waals surface area (Å²) in [5.41, 5.74) is 4.57. The van der Waals surface area contributed by atoms with Crippen LogP contribution >= 0.6 is 0 Å². The smallest absolute Gasteiger partial charge is 0.261 e. The molecule has 2 aromatic heterocycles. The van der Waals surface area contributed by atoms with Gasteiger partial charge in [0.1, 0.15) is 0 Å². The summed E-state index contributed by atoms with van der Waals surface area (Å²) in [5.74, 6) is 0.267. The monoisotopic (exact) mass is 390 g/mol. The predicted octanol–water partition coefficient (Wildman–Crippen LogP) is 1.85. The first-order valence-corrected chi connectivity index (χ1v) is 9.83. The number of carbonyl (C=O) groups is 1. The average Bonchev–Trinajstić information content (AvgIpc) is 3.35. The minimum Gasteiger partial charge on any atom is -0.371 e. The summed E-state index contributed by atoms with van der Waals surface area (Å²) < 4.78 is 1.55. The van der Waals surface area contributed by atoms with E-state index in [0.717, 1.165) is 48.4 Å². The Bertz CT molecular complexity index is 1180. The summed E-state index contributed by atoms with van der Waals surface area (Å²) in [5, 5.41) is 4.37. The van der Waals surface area contributed by atoms with E-state index in [1.165, 1.54) is 0 Å². The molecule has 0 radical (unpaired) electrons. The lowest BCUT2D eigenvalue weighted by molar-refractivity contribution is 0.0986. The number of carbonyl (C=O) groups excluding carboxylic acids is 1. The van der Waals surface area contributed by atoms with E-state index < -0.39 is 0 Å². The lowest BCUT2D eigenvalue weighted by atomic mass is 10.1. The minimum absolute atomic E-state index is 0.0993. The van der Waals surface area contributed by atoms with Crippen LogP contribution in [0.4, 0.5) is 11.4 Å². The van der Waals surface area contributed by atoms with Gasteiger partial charge in [-0.15, -0.1) is 0 Å². The molecule has 148 valence electrons. The Kier molecular flexibility index (Phi) is 4.01. The number of nitrogens with zero attached hydrogens (tertiary/aromatic N) is 5. The number of likely N-dealkylation sites (N-methyl/N-ethyl adjacent to an activating group) is 1. The largest absolute Gasteiger partial charge is 0.371 e. The van der Waals surface area contributed by atoms with Gasteiger partial charge in [-0.2, -0.15) is 5.10 Å². The molecular formula is C21H22N6O2. The number of anilines is 2. The van der Waals surface area contributed by atoms with Crippen molar-refractivity contribution in [2.45, 2.75) is 26.2 Å². The number of amides is 1. The summed E-state index contributed by atoms with van der Waals surface area (Å²) in [4.78, 5) is 37.1. The topological polar surface area (TPSA) is 87.1 Å². The molecule has 1 aliphatic carbocycles. The van der Waals surface area contributed by atoms with Crippen LogP contribution in [0, 0.1) is 6.92 Å². The highest BCUT2D eigenvalue weighted by molar-refractivity contribution is 6.08. The molecule has 0 saturated heterocycles. The molecule has 0 unspecified atom stereocenters. The molecule has 1 N–H and O–H groups in total. The van der Waals surface area contributed by atoms with Crippen molar-refractivity contribution in [3.05, 3.63) is 63.3 Å². The molecule has 8 heteroatoms. The first-order chi connectivity index (χ1) is 14.0. The molecule has 0 fully saturated rings. The van der Waals surface area contributed by atoms with Crippen molar-refractivity contribution in [1.29, 1.82) is 0 Å². The summed E-state index contributed by atoms with van der Waals surface area (Å²) >= 11 is 0. The molecule has 2 aliphatic rings. The van der Waals surface area contributed by atoms with Crippen LogP contribution in [0.3, 0.4) is 0 Å². The Morgan fingerprint density at radius 1 is 1.14 bits per heavy atom. The van der Waals surface area contributed by atoms with E-state index in [1.807, 2.05) is 38.2 Å². The van der Waals surface area contributed by atoms with Gasteiger partial charge in [0.05, 0.1) is 34.5 Å². The zero-order valence-corrected chi connectivity index (χ0v) is 16.5. The zero-order valence-electron chi connectivity index (χ0n) is 16.5. The van der Waals surface area contributed by atoms with Gasteiger partial charge in [0.25, 0.3) is 11.5 Å². The van der Waals surface area contributed by atoms with E-state index in [-0.39, 0.29) is 11.5 Å². The van der Waals surface area contributed by atoms with Crippen molar-refractivity contribution < 1.29 is 4.79 Å². The number of benzene rings is 1. The quantitative estimate of drug-likeness (QED) is 0.722. The number of aromatic nitrogens is 4. The fraction of sp³-hybridized carbons (Fsp3) is 0.333. The standard InChI is InChI=1S/C21H22N6O2/c1-13-15(20(29)26-11-10-25(2)17-8-3-4-9-18(17)26)12-22-27(13)21-23-16-7-5-6-14(16)19(28)24-21/h3-4,8-9,12H,5-7,10-11H2,1-2H3,(H,23,24,28). The van der Waals surface area contributed by atoms with Gasteiger partial charge in [-0.3, -0.25) is 14.6 Å². The van der Waals surface area contributed by atoms with Gasteiger partial charge in [0, 0.05) is 25.7 Å². The number of nitrogens with one attached hydrogen (secondary N) is 1. The molecule has 0 bridgehead atoms. The van der Waals surface area contributed by atoms with E-state index in [4.69, 9.17) is 0 Å². The third-order valence-corrected chi connectivity index (χ3v) is 5.86. The molecule has 0 saturated carbocycles. The SMILES string of the molecule is Cc1c(C(=O)N2CCN(C)c3ccccc32)cnn1-c1nc2c(c(=O)[nH]1)CCC2. The highest BCUT2D eigenvalue weighted by atomic mass is 16.2. The van der Waals surface area contributed by atoms with Gasteiger partial charge in [-0.25, -0.2) is 9.67 Å². The number of fused-ring (bicyclic) bond motifs is 2. The van der Waals surface area contributed by atoms with Crippen molar-refractivity contribution >= 4 is 17.3 Å². The molecule has 1 amide bonds. The number of para-hydroxylation sites is 2. The van der Waals surface area contributed by atoms with Crippen molar-refractivity contribution in [2.75, 3.05) is 29.9 Å². The molecule has 3 aromatic rings. The highest BCUT2D eigenvalue weighted by Crippen LogP contribution is 2.33. The van der Waals surface area contributed by atoms with Crippen molar-refractivity contribution in [3.63, 3.8) is 0 Å². The van der Waals surface area contributed by atoms with Gasteiger partial charge in [0.15, 0.2) is 0 Å². The number of aryl methyl sites for hydroxylation is 1. The molecular weight excluding hydrogens is 368 g/mol. The normalized spacial score (nSPS) is 15.4. The third-order valence-electron chi connectivity index (χ3n) is 5.86. The predicted molar refractivity (Wildman–Crippen MR) is 110 cm³/mol. The Balaban J connectivity index is 1.53. The maximum Gasteiger partial charge on any atom is 0.261 e. The number of aromatic amines is 1. The van der Waals surface area contributed by atoms with Crippen molar-refractivity contribution in [1.82, 2.24) is 19.7 Å². The minimum atomic E-state index is -0.113. The Morgan fingerprint density at radius 2 is 1.93 bits per heavy atom. The summed E-state index contributed by atoms with van der Waals surface area (Å²) in [6, 6.07) is 7.89. The summed E-state index contributed by atoms with van der Waals surface area (Å²) in [7, 11) is 2.03. The molecule has 3 heterocycles. The van der Waals surface area contributed by atoms with Gasteiger partial charge in [0.2, 0.25) is 5.95 Å². The lowest BCUT2D eigenvalue weighted by Crippen LogP contribution is -2.42. The van der Waals surface area contributed by atoms with Crippen molar-refractivity contribution in [2.24, 2.45) is 0 Å². The van der Waals surface area contributed by atoms with Crippen LogP contribution in [0.2, 0.25) is 0 Å². The zero-order chi connectivity index (χ0) is 20.1. The van der Waals surface area contributed by atoms with Gasteiger partial charge < -0.3 is 9.80 Å². The molecule has 5 rings (SSSR count). The second kappa shape index (κ2) is 6.58. The highest BCUT2D eigenvalue weighted by Gasteiger charge is 2.28. The Hall–Kier alpha value is -3.42. The summed E-state index contributed by atoms with van der Waals surface area (Å²) in [6.07, 6.45) is 4.07. The average molecular weight is 390 g/mol. The maximum absolute atomic E-state index is 13.4. The third kappa shape index (κ3) is 2.74. The maximum atomic E-state index is 13.4. The van der Waals surface area contributed by atoms with Crippen LogP contribution < -0.4 is 15.4 Å². The van der Waals surface area contributed by atoms with Gasteiger partial charge >= 0.3 is 0 Å². The van der Waals surface area contributed by atoms with Crippen molar-refractivity contribution in [3.8, 4) is 5.95 Å². The van der Waals surface area contributed by atoms with E-state index in [2.05, 4.69) is 20.0 Å². The fourth-order valence-electron chi connectivity index (χ4n) is 4.22. The van der Waals surface area contributed by atoms with Crippen LogP contribution in [0.1, 0.15) is 33.7 Å². The number of H-pyrrole nitrogens is 1. The number of hydrogen-bond acceptors (Lipinski definition) is 5. The van der Waals surface area contributed by atoms with Crippen LogP contribution in [0.25, 0.3) is 5.95 Å². The van der Waals surface area contributed by atoms with E-state index in [9.17, 15) is 9.59 Å². The first kappa shape index (κ1) is 17.7. The molecule has 29 heavy (non-hydrogen) atoms. The Labute approximate surface area is 167 Å². The molecule has 0 spiro atoms. The molecule has 1 aliphatic heterocycles. The van der Waals surface area contributed by atoms with E-state index >= 15 is 0 Å².